The zero-order valence-electron chi connectivity index (χ0n) is 24.0. The Labute approximate surface area is 244 Å². The molecule has 0 saturated heterocycles. The van der Waals surface area contributed by atoms with E-state index in [1.807, 2.05) is 28.8 Å². The molecule has 6 nitrogen and oxygen atoms in total. The van der Waals surface area contributed by atoms with Crippen molar-refractivity contribution in [1.82, 2.24) is 4.90 Å². The normalized spacial score (nSPS) is 18.1. The molecule has 1 heterocycles. The van der Waals surface area contributed by atoms with E-state index in [0.29, 0.717) is 23.8 Å². The first kappa shape index (κ1) is 31.7. The van der Waals surface area contributed by atoms with Gasteiger partial charge in [-0.1, -0.05) is 76.5 Å². The van der Waals surface area contributed by atoms with Gasteiger partial charge in [0.1, 0.15) is 11.5 Å². The lowest BCUT2D eigenvalue weighted by Crippen LogP contribution is -2.36. The number of thioether (sulfide) groups is 1. The second kappa shape index (κ2) is 16.4. The first-order valence-electron chi connectivity index (χ1n) is 14.9. The fraction of sp³-hybridized carbons (Fsp3) is 0.576. The van der Waals surface area contributed by atoms with E-state index in [2.05, 4.69) is 31.3 Å². The number of phenols is 2. The Morgan fingerprint density at radius 3 is 2.10 bits per heavy atom. The predicted molar refractivity (Wildman–Crippen MR) is 162 cm³/mol. The number of nitrogens with zero attached hydrogens (tertiary/aromatic N) is 2. The Kier molecular flexibility index (Phi) is 13.0. The molecule has 0 radical (unpaired) electrons. The average Bonchev–Trinajstić information content (AvgIpc) is 2.93. The van der Waals surface area contributed by atoms with Crippen molar-refractivity contribution in [3.8, 4) is 17.7 Å². The van der Waals surface area contributed by atoms with E-state index >= 15 is 0 Å². The molecule has 2 unspecified atom stereocenters. The quantitative estimate of drug-likeness (QED) is 0.0949. The number of benzene rings is 2. The molecule has 1 aliphatic heterocycles. The minimum absolute atomic E-state index is 0.0296. The summed E-state index contributed by atoms with van der Waals surface area (Å²) in [6.07, 6.45) is 15.5. The molecular formula is C33H46N2O4S. The third-order valence-electron chi connectivity index (χ3n) is 8.33. The van der Waals surface area contributed by atoms with Crippen molar-refractivity contribution in [3.63, 3.8) is 0 Å². The van der Waals surface area contributed by atoms with Crippen LogP contribution in [0.15, 0.2) is 47.4 Å². The lowest BCUT2D eigenvalue weighted by atomic mass is 9.68. The van der Waals surface area contributed by atoms with Gasteiger partial charge in [0.05, 0.1) is 0 Å². The van der Waals surface area contributed by atoms with Crippen LogP contribution in [0.3, 0.4) is 0 Å². The molecule has 7 heteroatoms. The molecule has 40 heavy (non-hydrogen) atoms. The first-order valence-corrected chi connectivity index (χ1v) is 15.9. The fourth-order valence-corrected chi connectivity index (χ4v) is 7.29. The molecule has 2 aromatic carbocycles. The lowest BCUT2D eigenvalue weighted by Gasteiger charge is -2.43. The molecule has 0 aliphatic carbocycles. The Hall–Kier alpha value is -2.85. The maximum absolute atomic E-state index is 10.6. The van der Waals surface area contributed by atoms with Gasteiger partial charge in [0.2, 0.25) is 0 Å². The predicted octanol–water partition coefficient (Wildman–Crippen LogP) is 8.18. The van der Waals surface area contributed by atoms with E-state index in [0.717, 1.165) is 50.9 Å². The summed E-state index contributed by atoms with van der Waals surface area (Å²) in [6, 6.07) is 13.5. The van der Waals surface area contributed by atoms with Crippen LogP contribution in [0.4, 0.5) is 0 Å². The summed E-state index contributed by atoms with van der Waals surface area (Å²) in [7, 11) is 0. The minimum Gasteiger partial charge on any atom is -0.508 e. The maximum Gasteiger partial charge on any atom is 0.303 e. The van der Waals surface area contributed by atoms with Gasteiger partial charge in [0.25, 0.3) is 0 Å². The number of unbranched alkanes of at least 4 members (excludes halogenated alkanes) is 9. The zero-order valence-corrected chi connectivity index (χ0v) is 24.8. The van der Waals surface area contributed by atoms with Crippen molar-refractivity contribution in [2.24, 2.45) is 0 Å². The van der Waals surface area contributed by atoms with Crippen LogP contribution < -0.4 is 0 Å². The number of aromatic hydroxyl groups is 2. The van der Waals surface area contributed by atoms with Crippen LogP contribution in [0, 0.1) is 11.5 Å². The molecule has 3 rings (SSSR count). The molecule has 0 bridgehead atoms. The summed E-state index contributed by atoms with van der Waals surface area (Å²) in [5.41, 5.74) is 2.56. The van der Waals surface area contributed by atoms with E-state index < -0.39 is 5.97 Å². The summed E-state index contributed by atoms with van der Waals surface area (Å²) in [5, 5.41) is 37.9. The van der Waals surface area contributed by atoms with E-state index in [1.165, 1.54) is 54.5 Å². The van der Waals surface area contributed by atoms with Gasteiger partial charge >= 0.3 is 5.97 Å². The molecule has 0 fully saturated rings. The second-order valence-corrected chi connectivity index (χ2v) is 12.5. The summed E-state index contributed by atoms with van der Waals surface area (Å²) in [4.78, 5) is 13.6. The Balaban J connectivity index is 1.35. The number of carboxylic acids is 1. The molecule has 0 aromatic heterocycles. The highest BCUT2D eigenvalue weighted by molar-refractivity contribution is 7.99. The van der Waals surface area contributed by atoms with E-state index in [9.17, 15) is 20.3 Å². The SMILES string of the molecule is CC1(c2ccc(O)cc2)CSc2cc(O)ccc2C1CCCCCCCCCCN(C#N)CCCCCC(=O)O. The van der Waals surface area contributed by atoms with Gasteiger partial charge in [-0.2, -0.15) is 5.26 Å². The highest BCUT2D eigenvalue weighted by Gasteiger charge is 2.41. The number of phenolic OH excluding ortho intramolecular Hbond substituents is 2. The number of hydrogen-bond acceptors (Lipinski definition) is 6. The lowest BCUT2D eigenvalue weighted by molar-refractivity contribution is -0.137. The van der Waals surface area contributed by atoms with Gasteiger partial charge < -0.3 is 20.2 Å². The zero-order chi connectivity index (χ0) is 28.8. The van der Waals surface area contributed by atoms with Crippen molar-refractivity contribution < 1.29 is 20.1 Å². The van der Waals surface area contributed by atoms with Crippen LogP contribution in [0.1, 0.15) is 107 Å². The van der Waals surface area contributed by atoms with Crippen molar-refractivity contribution >= 4 is 17.7 Å². The van der Waals surface area contributed by atoms with Gasteiger partial charge in [0, 0.05) is 35.6 Å². The molecule has 3 N–H and O–H groups in total. The Morgan fingerprint density at radius 2 is 1.48 bits per heavy atom. The third kappa shape index (κ3) is 9.66. The van der Waals surface area contributed by atoms with Crippen molar-refractivity contribution in [2.75, 3.05) is 18.8 Å². The van der Waals surface area contributed by atoms with Crippen LogP contribution in [0.2, 0.25) is 0 Å². The number of carbonyl (C=O) groups is 1. The van der Waals surface area contributed by atoms with Crippen molar-refractivity contribution in [2.45, 2.75) is 107 Å². The number of carboxylic acid groups (broad SMARTS) is 1. The monoisotopic (exact) mass is 566 g/mol. The summed E-state index contributed by atoms with van der Waals surface area (Å²) in [6.45, 7) is 3.88. The highest BCUT2D eigenvalue weighted by atomic mass is 32.2. The third-order valence-corrected chi connectivity index (χ3v) is 9.74. The number of fused-ring (bicyclic) bond motifs is 1. The van der Waals surface area contributed by atoms with E-state index in [-0.39, 0.29) is 11.8 Å². The highest BCUT2D eigenvalue weighted by Crippen LogP contribution is 2.52. The molecule has 1 aliphatic rings. The maximum atomic E-state index is 10.6. The van der Waals surface area contributed by atoms with Crippen LogP contribution in [0.5, 0.6) is 11.5 Å². The summed E-state index contributed by atoms with van der Waals surface area (Å²) in [5.74, 6) is 1.19. The molecule has 0 saturated carbocycles. The smallest absolute Gasteiger partial charge is 0.303 e. The summed E-state index contributed by atoms with van der Waals surface area (Å²) < 4.78 is 0. The largest absolute Gasteiger partial charge is 0.508 e. The van der Waals surface area contributed by atoms with Gasteiger partial charge in [-0.05, 0) is 67.0 Å². The number of nitriles is 1. The van der Waals surface area contributed by atoms with E-state index in [1.54, 1.807) is 12.1 Å². The number of aliphatic carboxylic acids is 1. The molecule has 0 spiro atoms. The average molecular weight is 567 g/mol. The minimum atomic E-state index is -0.748. The Morgan fingerprint density at radius 1 is 0.900 bits per heavy atom. The topological polar surface area (TPSA) is 105 Å². The molecule has 2 atom stereocenters. The number of rotatable bonds is 18. The van der Waals surface area contributed by atoms with Crippen LogP contribution in [0.25, 0.3) is 0 Å². The van der Waals surface area contributed by atoms with Gasteiger partial charge in [-0.3, -0.25) is 4.79 Å². The molecule has 218 valence electrons. The number of hydrogen-bond donors (Lipinski definition) is 3. The first-order chi connectivity index (χ1) is 19.3. The van der Waals surface area contributed by atoms with Crippen LogP contribution in [-0.2, 0) is 10.2 Å². The Bertz CT molecular complexity index is 1100. The van der Waals surface area contributed by atoms with Gasteiger partial charge in [0.15, 0.2) is 6.19 Å². The van der Waals surface area contributed by atoms with Crippen molar-refractivity contribution in [3.05, 3.63) is 53.6 Å². The standard InChI is InChI=1S/C33H46N2O4S/c1-33(26-15-17-27(36)18-16-26)24-40-31-23-28(37)19-20-29(31)30(33)13-9-6-4-2-3-5-7-11-21-35(25-34)22-12-8-10-14-32(38)39/h15-20,23,30,36-37H,2-14,21-22,24H2,1H3,(H,38,39). The van der Waals surface area contributed by atoms with Crippen LogP contribution >= 0.6 is 11.8 Å². The molecule has 0 amide bonds. The van der Waals surface area contributed by atoms with Gasteiger partial charge in [-0.15, -0.1) is 11.8 Å². The molecule has 2 aromatic rings. The summed E-state index contributed by atoms with van der Waals surface area (Å²) >= 11 is 1.82. The fourth-order valence-electron chi connectivity index (χ4n) is 5.89. The van der Waals surface area contributed by atoms with Crippen molar-refractivity contribution in [1.29, 1.82) is 5.26 Å². The van der Waals surface area contributed by atoms with Gasteiger partial charge in [-0.25, -0.2) is 0 Å². The van der Waals surface area contributed by atoms with E-state index in [4.69, 9.17) is 5.11 Å². The molecular weight excluding hydrogens is 520 g/mol. The van der Waals surface area contributed by atoms with Crippen LogP contribution in [-0.4, -0.2) is 45.0 Å². The second-order valence-electron chi connectivity index (χ2n) is 11.4.